The number of carbonyl (C=O) groups excluding carboxylic acids is 1. The molecular formula is C18H16ClFN4O. The molecule has 0 unspecified atom stereocenters. The molecule has 2 aromatic carbocycles. The van der Waals surface area contributed by atoms with E-state index in [0.29, 0.717) is 18.7 Å². The first-order valence-corrected chi connectivity index (χ1v) is 8.09. The Morgan fingerprint density at radius 2 is 1.96 bits per heavy atom. The van der Waals surface area contributed by atoms with Crippen LogP contribution in [0.15, 0.2) is 60.8 Å². The van der Waals surface area contributed by atoms with Crippen LogP contribution in [0.25, 0.3) is 5.69 Å². The number of hydrogen-bond donors (Lipinski definition) is 2. The molecule has 0 fully saturated rings. The number of urea groups is 1. The number of anilines is 1. The predicted octanol–water partition coefficient (Wildman–Crippen LogP) is 4.03. The van der Waals surface area contributed by atoms with Crippen LogP contribution in [0.4, 0.5) is 14.9 Å². The van der Waals surface area contributed by atoms with Crippen molar-refractivity contribution in [3.8, 4) is 5.69 Å². The van der Waals surface area contributed by atoms with E-state index >= 15 is 0 Å². The summed E-state index contributed by atoms with van der Waals surface area (Å²) in [4.78, 5) is 11.8. The molecule has 1 aromatic heterocycles. The number of nitrogens with zero attached hydrogens (tertiary/aromatic N) is 2. The van der Waals surface area contributed by atoms with Gasteiger partial charge in [-0.2, -0.15) is 5.10 Å². The standard InChI is InChI=1S/C18H16ClFN4O/c19-16-7-6-14(12-17(16)20)22-18(25)21-10-8-13-9-11-24(23-13)15-4-2-1-3-5-15/h1-7,9,11-12H,8,10H2,(H2,21,22,25). The number of halogens is 2. The molecule has 0 aliphatic heterocycles. The van der Waals surface area contributed by atoms with Crippen molar-refractivity contribution in [3.63, 3.8) is 0 Å². The van der Waals surface area contributed by atoms with Gasteiger partial charge < -0.3 is 10.6 Å². The Bertz CT molecular complexity index is 867. The van der Waals surface area contributed by atoms with Crippen LogP contribution in [-0.4, -0.2) is 22.4 Å². The first kappa shape index (κ1) is 17.0. The van der Waals surface area contributed by atoms with Gasteiger partial charge in [-0.3, -0.25) is 0 Å². The molecule has 0 saturated heterocycles. The van der Waals surface area contributed by atoms with Crippen molar-refractivity contribution in [2.75, 3.05) is 11.9 Å². The van der Waals surface area contributed by atoms with Crippen LogP contribution in [0.5, 0.6) is 0 Å². The number of nitrogens with one attached hydrogen (secondary N) is 2. The third kappa shape index (κ3) is 4.58. The molecule has 0 atom stereocenters. The number of benzene rings is 2. The summed E-state index contributed by atoms with van der Waals surface area (Å²) < 4.78 is 15.1. The molecular weight excluding hydrogens is 343 g/mol. The summed E-state index contributed by atoms with van der Waals surface area (Å²) in [6, 6.07) is 15.4. The van der Waals surface area contributed by atoms with Gasteiger partial charge in [0.25, 0.3) is 0 Å². The largest absolute Gasteiger partial charge is 0.337 e. The van der Waals surface area contributed by atoms with Gasteiger partial charge in [-0.25, -0.2) is 13.9 Å². The number of para-hydroxylation sites is 1. The molecule has 25 heavy (non-hydrogen) atoms. The van der Waals surface area contributed by atoms with Crippen molar-refractivity contribution in [3.05, 3.63) is 77.3 Å². The minimum Gasteiger partial charge on any atom is -0.337 e. The van der Waals surface area contributed by atoms with E-state index in [1.54, 1.807) is 4.68 Å². The minimum atomic E-state index is -0.578. The second kappa shape index (κ2) is 7.81. The smallest absolute Gasteiger partial charge is 0.319 e. The highest BCUT2D eigenvalue weighted by atomic mass is 35.5. The molecule has 5 nitrogen and oxygen atoms in total. The maximum Gasteiger partial charge on any atom is 0.319 e. The van der Waals surface area contributed by atoms with E-state index in [9.17, 15) is 9.18 Å². The summed E-state index contributed by atoms with van der Waals surface area (Å²) in [7, 11) is 0. The van der Waals surface area contributed by atoms with E-state index in [1.807, 2.05) is 42.6 Å². The Morgan fingerprint density at radius 3 is 2.72 bits per heavy atom. The van der Waals surface area contributed by atoms with Crippen LogP contribution in [0, 0.1) is 5.82 Å². The normalized spacial score (nSPS) is 10.5. The zero-order chi connectivity index (χ0) is 17.6. The molecule has 0 saturated carbocycles. The highest BCUT2D eigenvalue weighted by molar-refractivity contribution is 6.30. The Kier molecular flexibility index (Phi) is 5.30. The Hall–Kier alpha value is -2.86. The van der Waals surface area contributed by atoms with Crippen molar-refractivity contribution in [2.45, 2.75) is 6.42 Å². The van der Waals surface area contributed by atoms with Gasteiger partial charge in [-0.1, -0.05) is 29.8 Å². The zero-order valence-electron chi connectivity index (χ0n) is 13.2. The van der Waals surface area contributed by atoms with Crippen LogP contribution in [0.2, 0.25) is 5.02 Å². The zero-order valence-corrected chi connectivity index (χ0v) is 14.0. The van der Waals surface area contributed by atoms with Crippen LogP contribution in [0.1, 0.15) is 5.69 Å². The molecule has 0 bridgehead atoms. The lowest BCUT2D eigenvalue weighted by atomic mass is 10.3. The number of amides is 2. The number of carbonyl (C=O) groups is 1. The Morgan fingerprint density at radius 1 is 1.16 bits per heavy atom. The van der Waals surface area contributed by atoms with Crippen molar-refractivity contribution in [1.29, 1.82) is 0 Å². The maximum atomic E-state index is 13.3. The summed E-state index contributed by atoms with van der Waals surface area (Å²) in [5.41, 5.74) is 2.18. The molecule has 128 valence electrons. The van der Waals surface area contributed by atoms with Crippen molar-refractivity contribution in [2.24, 2.45) is 0 Å². The van der Waals surface area contributed by atoms with E-state index < -0.39 is 11.8 Å². The topological polar surface area (TPSA) is 59.0 Å². The average Bonchev–Trinajstić information content (AvgIpc) is 3.08. The molecule has 3 rings (SSSR count). The molecule has 7 heteroatoms. The number of rotatable bonds is 5. The summed E-state index contributed by atoms with van der Waals surface area (Å²) in [6.07, 6.45) is 2.46. The summed E-state index contributed by atoms with van der Waals surface area (Å²) in [5.74, 6) is -0.578. The Balaban J connectivity index is 1.48. The minimum absolute atomic E-state index is 0.0139. The summed E-state index contributed by atoms with van der Waals surface area (Å²) in [5, 5.41) is 9.74. The van der Waals surface area contributed by atoms with Crippen LogP contribution < -0.4 is 10.6 Å². The van der Waals surface area contributed by atoms with E-state index in [2.05, 4.69) is 15.7 Å². The van der Waals surface area contributed by atoms with Crippen molar-refractivity contribution < 1.29 is 9.18 Å². The van der Waals surface area contributed by atoms with E-state index in [4.69, 9.17) is 11.6 Å². The van der Waals surface area contributed by atoms with Crippen molar-refractivity contribution >= 4 is 23.3 Å². The average molecular weight is 359 g/mol. The number of hydrogen-bond acceptors (Lipinski definition) is 2. The maximum absolute atomic E-state index is 13.3. The third-order valence-electron chi connectivity index (χ3n) is 3.51. The summed E-state index contributed by atoms with van der Waals surface area (Å²) in [6.45, 7) is 0.410. The van der Waals surface area contributed by atoms with Gasteiger partial charge in [0.05, 0.1) is 16.4 Å². The fourth-order valence-corrected chi connectivity index (χ4v) is 2.39. The van der Waals surface area contributed by atoms with E-state index in [0.717, 1.165) is 11.4 Å². The molecule has 2 N–H and O–H groups in total. The third-order valence-corrected chi connectivity index (χ3v) is 3.82. The molecule has 0 spiro atoms. The second-order valence-corrected chi connectivity index (χ2v) is 5.75. The fourth-order valence-electron chi connectivity index (χ4n) is 2.27. The molecule has 1 heterocycles. The van der Waals surface area contributed by atoms with E-state index in [-0.39, 0.29) is 5.02 Å². The lowest BCUT2D eigenvalue weighted by Crippen LogP contribution is -2.30. The quantitative estimate of drug-likeness (QED) is 0.723. The molecule has 2 amide bonds. The van der Waals surface area contributed by atoms with Gasteiger partial charge in [-0.15, -0.1) is 0 Å². The highest BCUT2D eigenvalue weighted by Crippen LogP contribution is 2.18. The lowest BCUT2D eigenvalue weighted by Gasteiger charge is -2.07. The predicted molar refractivity (Wildman–Crippen MR) is 95.7 cm³/mol. The molecule has 0 radical (unpaired) electrons. The first-order chi connectivity index (χ1) is 12.1. The van der Waals surface area contributed by atoms with Crippen LogP contribution in [0.3, 0.4) is 0 Å². The first-order valence-electron chi connectivity index (χ1n) is 7.72. The number of aromatic nitrogens is 2. The van der Waals surface area contributed by atoms with Gasteiger partial charge in [-0.05, 0) is 36.4 Å². The van der Waals surface area contributed by atoms with Gasteiger partial charge >= 0.3 is 6.03 Å². The fraction of sp³-hybridized carbons (Fsp3) is 0.111. The molecule has 0 aliphatic carbocycles. The van der Waals surface area contributed by atoms with Crippen LogP contribution in [-0.2, 0) is 6.42 Å². The van der Waals surface area contributed by atoms with E-state index in [1.165, 1.54) is 18.2 Å². The van der Waals surface area contributed by atoms with Gasteiger partial charge in [0, 0.05) is 24.8 Å². The molecule has 3 aromatic rings. The second-order valence-electron chi connectivity index (χ2n) is 5.35. The highest BCUT2D eigenvalue weighted by Gasteiger charge is 2.06. The SMILES string of the molecule is O=C(NCCc1ccn(-c2ccccc2)n1)Nc1ccc(Cl)c(F)c1. The lowest BCUT2D eigenvalue weighted by molar-refractivity contribution is 0.252. The van der Waals surface area contributed by atoms with Crippen LogP contribution >= 0.6 is 11.6 Å². The monoisotopic (exact) mass is 358 g/mol. The van der Waals surface area contributed by atoms with Gasteiger partial charge in [0.1, 0.15) is 5.82 Å². The van der Waals surface area contributed by atoms with Gasteiger partial charge in [0.2, 0.25) is 0 Å². The molecule has 0 aliphatic rings. The summed E-state index contributed by atoms with van der Waals surface area (Å²) >= 11 is 5.60. The van der Waals surface area contributed by atoms with Gasteiger partial charge in [0.15, 0.2) is 0 Å². The van der Waals surface area contributed by atoms with Crippen molar-refractivity contribution in [1.82, 2.24) is 15.1 Å². The Labute approximate surface area is 149 Å².